The molecule has 0 saturated heterocycles. The van der Waals surface area contributed by atoms with Crippen LogP contribution in [0.2, 0.25) is 0 Å². The van der Waals surface area contributed by atoms with Crippen LogP contribution < -0.4 is 10.2 Å². The van der Waals surface area contributed by atoms with Crippen LogP contribution in [0.3, 0.4) is 0 Å². The lowest BCUT2D eigenvalue weighted by Crippen LogP contribution is -2.45. The number of hydrogen-bond donors (Lipinski definition) is 2. The zero-order valence-electron chi connectivity index (χ0n) is 49.7. The van der Waals surface area contributed by atoms with Crippen LogP contribution in [0.4, 0.5) is 0 Å². The van der Waals surface area contributed by atoms with Crippen LogP contribution >= 0.6 is 7.82 Å². The molecular weight excluding hydrogens is 960 g/mol. The maximum absolute atomic E-state index is 13.0. The van der Waals surface area contributed by atoms with Gasteiger partial charge in [-0.1, -0.05) is 264 Å². The lowest BCUT2D eigenvalue weighted by atomic mass is 10.0. The number of unbranched alkanes of at least 4 members (excludes halogenated alkanes) is 24. The van der Waals surface area contributed by atoms with Gasteiger partial charge >= 0.3 is 0 Å². The Labute approximate surface area is 469 Å². The minimum Gasteiger partial charge on any atom is -0.756 e. The van der Waals surface area contributed by atoms with Crippen molar-refractivity contribution in [2.75, 3.05) is 40.9 Å². The summed E-state index contributed by atoms with van der Waals surface area (Å²) in [6, 6.07) is -0.914. The number of quaternary nitrogens is 1. The van der Waals surface area contributed by atoms with Gasteiger partial charge in [0.2, 0.25) is 5.91 Å². The Morgan fingerprint density at radius 3 is 1.22 bits per heavy atom. The van der Waals surface area contributed by atoms with Crippen LogP contribution in [0.15, 0.2) is 122 Å². The zero-order valence-corrected chi connectivity index (χ0v) is 50.6. The first kappa shape index (κ1) is 72.9. The van der Waals surface area contributed by atoms with E-state index < -0.39 is 26.6 Å². The highest BCUT2D eigenvalue weighted by Gasteiger charge is 2.23. The molecule has 0 rings (SSSR count). The van der Waals surface area contributed by atoms with Crippen molar-refractivity contribution in [3.8, 4) is 0 Å². The smallest absolute Gasteiger partial charge is 0.268 e. The van der Waals surface area contributed by atoms with Gasteiger partial charge in [0.1, 0.15) is 13.2 Å². The number of hydrogen-bond acceptors (Lipinski definition) is 6. The number of nitrogens with one attached hydrogen (secondary N) is 1. The average Bonchev–Trinajstić information content (AvgIpc) is 3.38. The fourth-order valence-electron chi connectivity index (χ4n) is 8.36. The van der Waals surface area contributed by atoms with E-state index in [1.807, 2.05) is 27.2 Å². The second-order valence-corrected chi connectivity index (χ2v) is 23.1. The third kappa shape index (κ3) is 58.6. The SMILES string of the molecule is CC/C=C\C/C=C\C/C=C\C/C=C\C/C=C\C/C=C\C/C=C\C/C=C\CCCCCCCCCCCCC(=O)NC(COP(=O)([O-])OCC[N+](C)(C)C)C(O)/C=C/CC/C=C/CCCCCCCCCCCCCCC. The zero-order chi connectivity index (χ0) is 55.6. The molecule has 76 heavy (non-hydrogen) atoms. The predicted molar refractivity (Wildman–Crippen MR) is 329 cm³/mol. The topological polar surface area (TPSA) is 108 Å². The van der Waals surface area contributed by atoms with E-state index in [-0.39, 0.29) is 12.5 Å². The number of carbonyl (C=O) groups is 1. The molecule has 0 saturated carbocycles. The maximum atomic E-state index is 13.0. The van der Waals surface area contributed by atoms with E-state index in [9.17, 15) is 19.4 Å². The number of aliphatic hydroxyl groups excluding tert-OH is 1. The third-order valence-electron chi connectivity index (χ3n) is 13.2. The lowest BCUT2D eigenvalue weighted by molar-refractivity contribution is -0.870. The van der Waals surface area contributed by atoms with Crippen LogP contribution in [0.5, 0.6) is 0 Å². The maximum Gasteiger partial charge on any atom is 0.268 e. The molecule has 3 unspecified atom stereocenters. The first-order valence-corrected chi connectivity index (χ1v) is 32.4. The molecule has 0 radical (unpaired) electrons. The van der Waals surface area contributed by atoms with E-state index in [0.29, 0.717) is 17.4 Å². The second-order valence-electron chi connectivity index (χ2n) is 21.7. The Morgan fingerprint density at radius 1 is 0.474 bits per heavy atom. The minimum absolute atomic E-state index is 0.0127. The van der Waals surface area contributed by atoms with Crippen molar-refractivity contribution >= 4 is 13.7 Å². The normalized spacial score (nSPS) is 14.7. The Kier molecular flexibility index (Phi) is 54.3. The summed E-state index contributed by atoms with van der Waals surface area (Å²) in [5.74, 6) is -0.216. The van der Waals surface area contributed by atoms with Gasteiger partial charge in [-0.2, -0.15) is 0 Å². The molecule has 0 aromatic carbocycles. The van der Waals surface area contributed by atoms with E-state index in [1.54, 1.807) is 6.08 Å². The molecule has 0 aromatic rings. The summed E-state index contributed by atoms with van der Waals surface area (Å²) >= 11 is 0. The van der Waals surface area contributed by atoms with Crippen molar-refractivity contribution in [2.24, 2.45) is 0 Å². The Balaban J connectivity index is 4.20. The molecule has 0 bridgehead atoms. The largest absolute Gasteiger partial charge is 0.756 e. The molecule has 436 valence electrons. The van der Waals surface area contributed by atoms with Crippen molar-refractivity contribution in [1.82, 2.24) is 5.32 Å². The quantitative estimate of drug-likeness (QED) is 0.0272. The Morgan fingerprint density at radius 2 is 0.816 bits per heavy atom. The summed E-state index contributed by atoms with van der Waals surface area (Å²) in [7, 11) is 1.23. The van der Waals surface area contributed by atoms with Gasteiger partial charge in [0, 0.05) is 6.42 Å². The average molecular weight is 1080 g/mol. The Hall–Kier alpha value is -3.10. The summed E-state index contributed by atoms with van der Waals surface area (Å²) < 4.78 is 23.4. The highest BCUT2D eigenvalue weighted by atomic mass is 31.2. The van der Waals surface area contributed by atoms with Gasteiger partial charge in [-0.05, 0) is 96.3 Å². The van der Waals surface area contributed by atoms with E-state index in [1.165, 1.54) is 128 Å². The van der Waals surface area contributed by atoms with Crippen molar-refractivity contribution in [3.63, 3.8) is 0 Å². The monoisotopic (exact) mass is 1080 g/mol. The number of likely N-dealkylation sites (N-methyl/N-ethyl adjacent to an activating group) is 1. The second kappa shape index (κ2) is 56.6. The number of phosphoric ester groups is 1. The fourth-order valence-corrected chi connectivity index (χ4v) is 9.08. The highest BCUT2D eigenvalue weighted by Crippen LogP contribution is 2.38. The Bertz CT molecular complexity index is 1650. The van der Waals surface area contributed by atoms with E-state index in [2.05, 4.69) is 129 Å². The third-order valence-corrected chi connectivity index (χ3v) is 14.1. The van der Waals surface area contributed by atoms with Gasteiger partial charge in [0.25, 0.3) is 7.82 Å². The summed E-state index contributed by atoms with van der Waals surface area (Å²) in [6.07, 6.45) is 84.3. The molecule has 0 fully saturated rings. The number of aliphatic hydroxyl groups is 1. The predicted octanol–water partition coefficient (Wildman–Crippen LogP) is 18.7. The van der Waals surface area contributed by atoms with Crippen molar-refractivity contribution in [2.45, 2.75) is 257 Å². The van der Waals surface area contributed by atoms with Gasteiger partial charge in [0.15, 0.2) is 0 Å². The van der Waals surface area contributed by atoms with Crippen LogP contribution in [0, 0.1) is 0 Å². The van der Waals surface area contributed by atoms with Gasteiger partial charge < -0.3 is 28.8 Å². The number of rotatable bonds is 55. The number of allylic oxidation sites excluding steroid dienone is 19. The van der Waals surface area contributed by atoms with Gasteiger partial charge in [-0.3, -0.25) is 9.36 Å². The highest BCUT2D eigenvalue weighted by molar-refractivity contribution is 7.45. The number of phosphoric acid groups is 1. The van der Waals surface area contributed by atoms with Crippen molar-refractivity contribution < 1.29 is 32.9 Å². The van der Waals surface area contributed by atoms with Crippen molar-refractivity contribution in [3.05, 3.63) is 122 Å². The molecule has 0 aliphatic rings. The van der Waals surface area contributed by atoms with E-state index >= 15 is 0 Å². The molecule has 8 nitrogen and oxygen atoms in total. The summed E-state index contributed by atoms with van der Waals surface area (Å²) in [4.78, 5) is 25.5. The molecule has 0 aromatic heterocycles. The number of amides is 1. The van der Waals surface area contributed by atoms with E-state index in [0.717, 1.165) is 96.3 Å². The first-order valence-electron chi connectivity index (χ1n) is 30.9. The van der Waals surface area contributed by atoms with Crippen LogP contribution in [0.1, 0.15) is 245 Å². The number of nitrogens with zero attached hydrogens (tertiary/aromatic N) is 1. The molecule has 9 heteroatoms. The van der Waals surface area contributed by atoms with Gasteiger partial charge in [0.05, 0.1) is 39.9 Å². The molecule has 0 aliphatic carbocycles. The van der Waals surface area contributed by atoms with Crippen LogP contribution in [-0.4, -0.2) is 68.5 Å². The van der Waals surface area contributed by atoms with Crippen LogP contribution in [-0.2, 0) is 18.4 Å². The summed E-state index contributed by atoms with van der Waals surface area (Å²) in [5.41, 5.74) is 0. The lowest BCUT2D eigenvalue weighted by Gasteiger charge is -2.29. The summed E-state index contributed by atoms with van der Waals surface area (Å²) in [5, 5.41) is 13.9. The molecule has 2 N–H and O–H groups in total. The molecule has 0 heterocycles. The van der Waals surface area contributed by atoms with E-state index in [4.69, 9.17) is 9.05 Å². The van der Waals surface area contributed by atoms with Gasteiger partial charge in [-0.25, -0.2) is 0 Å². The van der Waals surface area contributed by atoms with Gasteiger partial charge in [-0.15, -0.1) is 0 Å². The molecule has 0 spiro atoms. The number of carbonyl (C=O) groups excluding carboxylic acids is 1. The minimum atomic E-state index is -4.62. The standard InChI is InChI=1S/C67H117N2O6P/c1-6-8-10-12-14-16-18-20-22-24-26-27-28-29-30-31-32-33-34-35-36-37-38-39-40-41-43-45-47-49-51-53-55-57-59-61-67(71)68-65(64-75-76(72,73)74-63-62-69(3,4)5)66(70)60-58-56-54-52-50-48-46-44-42-25-23-21-19-17-15-13-11-9-7-2/h8,10,14,16,20,22,26-27,29-30,32-33,35-36,38-39,50,52,58,60,65-66,70H,6-7,9,11-13,15,17-19,21,23-25,28,31,34,37,40-49,51,53-57,59,61-64H2,1-5H3,(H-,68,71,72,73)/b10-8-,16-14-,22-20-,27-26-,30-29-,33-32-,36-35-,39-38-,52-50+,60-58+. The fraction of sp³-hybridized carbons (Fsp3) is 0.687. The summed E-state index contributed by atoms with van der Waals surface area (Å²) in [6.45, 7) is 4.51. The van der Waals surface area contributed by atoms with Crippen molar-refractivity contribution in [1.29, 1.82) is 0 Å². The molecular formula is C67H117N2O6P. The molecule has 3 atom stereocenters. The first-order chi connectivity index (χ1) is 37.0. The molecule has 0 aliphatic heterocycles. The molecule has 1 amide bonds. The van der Waals surface area contributed by atoms with Crippen LogP contribution in [0.25, 0.3) is 0 Å².